The molecule has 1 aliphatic rings. The Hall–Kier alpha value is -4.75. The van der Waals surface area contributed by atoms with Crippen LogP contribution < -0.4 is 37.7 Å². The fourth-order valence-corrected chi connectivity index (χ4v) is 8.71. The van der Waals surface area contributed by atoms with Gasteiger partial charge in [0, 0.05) is 17.1 Å². The van der Waals surface area contributed by atoms with Gasteiger partial charge in [0.25, 0.3) is 0 Å². The quantitative estimate of drug-likeness (QED) is 0.191. The average molecular weight is 607 g/mol. The molecule has 47 heavy (non-hydrogen) atoms. The van der Waals surface area contributed by atoms with Crippen molar-refractivity contribution in [1.29, 1.82) is 0 Å². The van der Waals surface area contributed by atoms with Crippen molar-refractivity contribution in [2.24, 2.45) is 0 Å². The summed E-state index contributed by atoms with van der Waals surface area (Å²) in [4.78, 5) is 2.49. The van der Waals surface area contributed by atoms with Crippen molar-refractivity contribution in [2.75, 3.05) is 4.90 Å². The van der Waals surface area contributed by atoms with Gasteiger partial charge in [0.1, 0.15) is 0 Å². The molecule has 0 saturated heterocycles. The van der Waals surface area contributed by atoms with E-state index in [4.69, 9.17) is 0 Å². The van der Waals surface area contributed by atoms with Crippen LogP contribution in [0.15, 0.2) is 115 Å². The number of para-hydroxylation sites is 2. The Balaban J connectivity index is 1.45. The lowest BCUT2D eigenvalue weighted by atomic mass is 9.33. The van der Waals surface area contributed by atoms with Crippen LogP contribution in [0.4, 0.5) is 17.1 Å². The van der Waals surface area contributed by atoms with E-state index in [1.54, 1.807) is 0 Å². The van der Waals surface area contributed by atoms with Gasteiger partial charge in [-0.15, -0.1) is 0 Å². The standard InChI is InChI=1S/C44H43B2N/c1-28-22-30(3)42(31(4)23-28)46(43-32(5)24-29(2)25-33(43)6)44-34(7)26-37(27-35(44)8)47-40-20-14-12-18-38(40)45(36-16-10-9-11-17-36)39-19-13-15-21-41(39)47/h9-27H,1-8H3. The number of aryl methyl sites for hydroxylation is 8. The summed E-state index contributed by atoms with van der Waals surface area (Å²) in [6, 6.07) is 43.2. The van der Waals surface area contributed by atoms with Crippen molar-refractivity contribution < 1.29 is 0 Å². The zero-order chi connectivity index (χ0) is 33.0. The molecule has 0 fully saturated rings. The van der Waals surface area contributed by atoms with Gasteiger partial charge < -0.3 is 4.90 Å². The van der Waals surface area contributed by atoms with Crippen molar-refractivity contribution in [3.63, 3.8) is 0 Å². The minimum atomic E-state index is 0.147. The number of nitrogens with zero attached hydrogens (tertiary/aromatic N) is 1. The van der Waals surface area contributed by atoms with Gasteiger partial charge in [-0.25, -0.2) is 0 Å². The van der Waals surface area contributed by atoms with Crippen molar-refractivity contribution in [1.82, 2.24) is 0 Å². The molecule has 3 heteroatoms. The van der Waals surface area contributed by atoms with Gasteiger partial charge in [0.2, 0.25) is 13.4 Å². The van der Waals surface area contributed by atoms with Crippen LogP contribution in [0.2, 0.25) is 0 Å². The van der Waals surface area contributed by atoms with E-state index in [0.717, 1.165) is 0 Å². The van der Waals surface area contributed by atoms with Crippen LogP contribution in [0.1, 0.15) is 44.5 Å². The molecule has 1 aliphatic heterocycles. The minimum absolute atomic E-state index is 0.147. The molecular formula is C44H43B2N. The molecule has 0 unspecified atom stereocenters. The zero-order valence-corrected chi connectivity index (χ0v) is 29.1. The lowest BCUT2D eigenvalue weighted by molar-refractivity contribution is 1.27. The van der Waals surface area contributed by atoms with Crippen LogP contribution in [0.5, 0.6) is 0 Å². The van der Waals surface area contributed by atoms with Crippen molar-refractivity contribution in [2.45, 2.75) is 55.4 Å². The molecule has 0 spiro atoms. The van der Waals surface area contributed by atoms with E-state index in [1.807, 2.05) is 0 Å². The summed E-state index contributed by atoms with van der Waals surface area (Å²) in [5.74, 6) is 0. The first kappa shape index (κ1) is 30.9. The van der Waals surface area contributed by atoms with Crippen LogP contribution in [0.3, 0.4) is 0 Å². The van der Waals surface area contributed by atoms with E-state index in [1.165, 1.54) is 94.3 Å². The summed E-state index contributed by atoms with van der Waals surface area (Å²) in [6.45, 7) is 18.6. The van der Waals surface area contributed by atoms with Gasteiger partial charge in [0.05, 0.1) is 0 Å². The Morgan fingerprint density at radius 1 is 0.426 bits per heavy atom. The number of fused-ring (bicyclic) bond motifs is 2. The molecule has 1 nitrogen and oxygen atoms in total. The van der Waals surface area contributed by atoms with Crippen LogP contribution >= 0.6 is 0 Å². The second-order valence-corrected chi connectivity index (χ2v) is 13.8. The Morgan fingerprint density at radius 2 is 0.787 bits per heavy atom. The Morgan fingerprint density at radius 3 is 1.21 bits per heavy atom. The first-order valence-electron chi connectivity index (χ1n) is 16.9. The maximum Gasteiger partial charge on any atom is 0.246 e. The highest BCUT2D eigenvalue weighted by Crippen LogP contribution is 2.36. The molecule has 0 N–H and O–H groups in total. The molecule has 1 heterocycles. The van der Waals surface area contributed by atoms with Gasteiger partial charge in [0.15, 0.2) is 0 Å². The second-order valence-electron chi connectivity index (χ2n) is 13.8. The average Bonchev–Trinajstić information content (AvgIpc) is 3.02. The topological polar surface area (TPSA) is 3.24 Å². The number of hydrogen-bond donors (Lipinski definition) is 0. The molecule has 230 valence electrons. The molecular weight excluding hydrogens is 564 g/mol. The second kappa shape index (κ2) is 12.1. The van der Waals surface area contributed by atoms with Crippen molar-refractivity contribution >= 4 is 63.3 Å². The molecule has 7 rings (SSSR count). The fraction of sp³-hybridized carbons (Fsp3) is 0.182. The van der Waals surface area contributed by atoms with Gasteiger partial charge in [-0.05, 0) is 90.6 Å². The van der Waals surface area contributed by atoms with Gasteiger partial charge >= 0.3 is 0 Å². The third-order valence-electron chi connectivity index (χ3n) is 10.3. The Labute approximate surface area is 282 Å². The van der Waals surface area contributed by atoms with Gasteiger partial charge in [-0.3, -0.25) is 0 Å². The number of anilines is 3. The van der Waals surface area contributed by atoms with Crippen LogP contribution in [-0.2, 0) is 0 Å². The van der Waals surface area contributed by atoms with Gasteiger partial charge in [-0.1, -0.05) is 157 Å². The maximum absolute atomic E-state index is 2.49. The summed E-state index contributed by atoms with van der Waals surface area (Å²) in [5.41, 5.74) is 22.7. The lowest BCUT2D eigenvalue weighted by Gasteiger charge is -2.37. The first-order chi connectivity index (χ1) is 22.6. The van der Waals surface area contributed by atoms with Crippen LogP contribution in [0, 0.1) is 55.4 Å². The zero-order valence-electron chi connectivity index (χ0n) is 29.1. The van der Waals surface area contributed by atoms with Crippen molar-refractivity contribution in [3.8, 4) is 0 Å². The summed E-state index contributed by atoms with van der Waals surface area (Å²) in [6.07, 6.45) is 0. The predicted octanol–water partition coefficient (Wildman–Crippen LogP) is 6.97. The van der Waals surface area contributed by atoms with E-state index in [2.05, 4.69) is 176 Å². The van der Waals surface area contributed by atoms with E-state index < -0.39 is 0 Å². The van der Waals surface area contributed by atoms with Crippen molar-refractivity contribution in [3.05, 3.63) is 160 Å². The molecule has 0 aromatic heterocycles. The molecule has 0 atom stereocenters. The normalized spacial score (nSPS) is 12.2. The predicted molar refractivity (Wildman–Crippen MR) is 208 cm³/mol. The number of hydrogen-bond acceptors (Lipinski definition) is 1. The van der Waals surface area contributed by atoms with E-state index in [0.29, 0.717) is 0 Å². The van der Waals surface area contributed by atoms with Crippen LogP contribution in [-0.4, -0.2) is 13.4 Å². The fourth-order valence-electron chi connectivity index (χ4n) is 8.71. The molecule has 6 aromatic carbocycles. The summed E-state index contributed by atoms with van der Waals surface area (Å²) in [7, 11) is 0. The monoisotopic (exact) mass is 607 g/mol. The molecule has 0 bridgehead atoms. The highest BCUT2D eigenvalue weighted by atomic mass is 15.1. The largest absolute Gasteiger partial charge is 0.312 e. The van der Waals surface area contributed by atoms with E-state index in [-0.39, 0.29) is 13.4 Å². The number of benzene rings is 6. The molecule has 0 radical (unpaired) electrons. The molecule has 6 aromatic rings. The summed E-state index contributed by atoms with van der Waals surface area (Å²) < 4.78 is 0. The lowest BCUT2D eigenvalue weighted by Crippen LogP contribution is -2.58. The Kier molecular flexibility index (Phi) is 7.96. The maximum atomic E-state index is 2.49. The van der Waals surface area contributed by atoms with E-state index in [9.17, 15) is 0 Å². The highest BCUT2D eigenvalue weighted by Gasteiger charge is 2.36. The highest BCUT2D eigenvalue weighted by molar-refractivity contribution is 6.98. The Bertz CT molecular complexity index is 1970. The van der Waals surface area contributed by atoms with Crippen LogP contribution in [0.25, 0.3) is 0 Å². The third kappa shape index (κ3) is 5.32. The summed E-state index contributed by atoms with van der Waals surface area (Å²) >= 11 is 0. The SMILES string of the molecule is Cc1cc(C)c(B(c2c(C)cc(C)cc2C)c2c(C)cc(N3c4ccccc4B(c4ccccc4)c4ccccc43)cc2C)c(C)c1. The summed E-state index contributed by atoms with van der Waals surface area (Å²) in [5, 5.41) is 0. The molecule has 0 amide bonds. The number of rotatable bonds is 5. The third-order valence-corrected chi connectivity index (χ3v) is 10.3. The smallest absolute Gasteiger partial charge is 0.246 e. The molecule has 0 saturated carbocycles. The molecule has 0 aliphatic carbocycles. The minimum Gasteiger partial charge on any atom is -0.312 e. The van der Waals surface area contributed by atoms with Gasteiger partial charge in [-0.2, -0.15) is 0 Å². The first-order valence-corrected chi connectivity index (χ1v) is 16.9. The van der Waals surface area contributed by atoms with E-state index >= 15 is 0 Å².